The van der Waals surface area contributed by atoms with E-state index in [0.717, 1.165) is 22.6 Å². The average Bonchev–Trinajstić information content (AvgIpc) is 2.75. The fourth-order valence-electron chi connectivity index (χ4n) is 1.75. The Kier molecular flexibility index (Phi) is 4.15. The molecule has 2 aromatic rings. The third kappa shape index (κ3) is 3.02. The van der Waals surface area contributed by atoms with Crippen LogP contribution in [0.15, 0.2) is 6.07 Å². The molecule has 2 aromatic heterocycles. The van der Waals surface area contributed by atoms with Gasteiger partial charge in [-0.2, -0.15) is 4.98 Å². The molecule has 5 nitrogen and oxygen atoms in total. The zero-order chi connectivity index (χ0) is 14.9. The van der Waals surface area contributed by atoms with E-state index < -0.39 is 0 Å². The van der Waals surface area contributed by atoms with Crippen LogP contribution < -0.4 is 10.6 Å². The van der Waals surface area contributed by atoms with E-state index in [2.05, 4.69) is 66.4 Å². The lowest BCUT2D eigenvalue weighted by Crippen LogP contribution is -2.44. The summed E-state index contributed by atoms with van der Waals surface area (Å²) in [5, 5.41) is 7.59. The van der Waals surface area contributed by atoms with Gasteiger partial charge in [0.2, 0.25) is 5.95 Å². The van der Waals surface area contributed by atoms with Gasteiger partial charge >= 0.3 is 0 Å². The van der Waals surface area contributed by atoms with Crippen LogP contribution in [0, 0.1) is 6.92 Å². The van der Waals surface area contributed by atoms with Crippen molar-refractivity contribution in [1.29, 1.82) is 0 Å². The summed E-state index contributed by atoms with van der Waals surface area (Å²) in [5.41, 5.74) is 0.0577. The standard InChI is InChI=1S/C14H23N5S/c1-9-7-10-11(16-8-14(2,3)19(5)6)17-13(15-4)18-12(10)20-9/h7H,8H2,1-6H3,(H2,15,16,17,18). The first kappa shape index (κ1) is 15.0. The minimum Gasteiger partial charge on any atom is -0.368 e. The Labute approximate surface area is 124 Å². The smallest absolute Gasteiger partial charge is 0.225 e. The second-order valence-corrected chi connectivity index (χ2v) is 7.02. The Balaban J connectivity index is 2.33. The van der Waals surface area contributed by atoms with Gasteiger partial charge in [-0.3, -0.25) is 0 Å². The van der Waals surface area contributed by atoms with Crippen LogP contribution in [0.4, 0.5) is 11.8 Å². The van der Waals surface area contributed by atoms with Crippen LogP contribution in [-0.4, -0.2) is 48.1 Å². The number of likely N-dealkylation sites (N-methyl/N-ethyl adjacent to an activating group) is 1. The molecule has 0 fully saturated rings. The Bertz CT molecular complexity index is 603. The zero-order valence-electron chi connectivity index (χ0n) is 13.0. The molecule has 0 saturated heterocycles. The molecular formula is C14H23N5S. The van der Waals surface area contributed by atoms with Gasteiger partial charge in [0.05, 0.1) is 5.39 Å². The molecule has 0 aliphatic carbocycles. The predicted octanol–water partition coefficient (Wildman–Crippen LogP) is 2.79. The first-order chi connectivity index (χ1) is 9.33. The van der Waals surface area contributed by atoms with Crippen molar-refractivity contribution < 1.29 is 0 Å². The lowest BCUT2D eigenvalue weighted by atomic mass is 10.0. The van der Waals surface area contributed by atoms with E-state index >= 15 is 0 Å². The number of aryl methyl sites for hydroxylation is 1. The molecule has 0 saturated carbocycles. The molecule has 20 heavy (non-hydrogen) atoms. The fourth-order valence-corrected chi connectivity index (χ4v) is 2.63. The van der Waals surface area contributed by atoms with Gasteiger partial charge in [-0.15, -0.1) is 11.3 Å². The third-order valence-corrected chi connectivity index (χ3v) is 4.58. The van der Waals surface area contributed by atoms with Crippen molar-refractivity contribution in [2.24, 2.45) is 0 Å². The molecule has 2 rings (SSSR count). The summed E-state index contributed by atoms with van der Waals surface area (Å²) in [4.78, 5) is 13.5. The number of hydrogen-bond acceptors (Lipinski definition) is 6. The van der Waals surface area contributed by atoms with Crippen LogP contribution in [0.1, 0.15) is 18.7 Å². The first-order valence-corrected chi connectivity index (χ1v) is 7.52. The van der Waals surface area contributed by atoms with Crippen molar-refractivity contribution in [3.8, 4) is 0 Å². The van der Waals surface area contributed by atoms with Crippen LogP contribution in [0.25, 0.3) is 10.2 Å². The molecule has 0 bridgehead atoms. The highest BCUT2D eigenvalue weighted by molar-refractivity contribution is 7.18. The number of thiophene rings is 1. The summed E-state index contributed by atoms with van der Waals surface area (Å²) < 4.78 is 0. The lowest BCUT2D eigenvalue weighted by Gasteiger charge is -2.32. The number of rotatable bonds is 5. The number of nitrogens with zero attached hydrogens (tertiary/aromatic N) is 3. The molecule has 2 N–H and O–H groups in total. The third-order valence-electron chi connectivity index (χ3n) is 3.64. The van der Waals surface area contributed by atoms with E-state index in [0.29, 0.717) is 5.95 Å². The van der Waals surface area contributed by atoms with Gasteiger partial charge in [0, 0.05) is 24.0 Å². The van der Waals surface area contributed by atoms with E-state index in [-0.39, 0.29) is 5.54 Å². The minimum absolute atomic E-state index is 0.0577. The molecule has 0 atom stereocenters. The van der Waals surface area contributed by atoms with Gasteiger partial charge in [0.25, 0.3) is 0 Å². The molecular weight excluding hydrogens is 270 g/mol. The molecule has 0 aliphatic heterocycles. The normalized spacial score (nSPS) is 12.2. The highest BCUT2D eigenvalue weighted by Crippen LogP contribution is 2.29. The van der Waals surface area contributed by atoms with E-state index in [9.17, 15) is 0 Å². The van der Waals surface area contributed by atoms with E-state index in [1.54, 1.807) is 11.3 Å². The van der Waals surface area contributed by atoms with E-state index in [1.165, 1.54) is 4.88 Å². The highest BCUT2D eigenvalue weighted by Gasteiger charge is 2.21. The maximum Gasteiger partial charge on any atom is 0.225 e. The molecule has 2 heterocycles. The largest absolute Gasteiger partial charge is 0.368 e. The molecule has 0 aromatic carbocycles. The molecule has 0 unspecified atom stereocenters. The number of aromatic nitrogens is 2. The highest BCUT2D eigenvalue weighted by atomic mass is 32.1. The summed E-state index contributed by atoms with van der Waals surface area (Å²) >= 11 is 1.69. The average molecular weight is 293 g/mol. The van der Waals surface area contributed by atoms with E-state index in [1.807, 2.05) is 7.05 Å². The Morgan fingerprint density at radius 2 is 2.00 bits per heavy atom. The Hall–Kier alpha value is -1.40. The second-order valence-electron chi connectivity index (χ2n) is 5.78. The monoisotopic (exact) mass is 293 g/mol. The zero-order valence-corrected chi connectivity index (χ0v) is 13.9. The predicted molar refractivity (Wildman–Crippen MR) is 88.0 cm³/mol. The lowest BCUT2D eigenvalue weighted by molar-refractivity contribution is 0.210. The SMILES string of the molecule is CNc1nc(NCC(C)(C)N(C)C)c2cc(C)sc2n1. The first-order valence-electron chi connectivity index (χ1n) is 6.71. The maximum absolute atomic E-state index is 4.55. The number of fused-ring (bicyclic) bond motifs is 1. The number of hydrogen-bond donors (Lipinski definition) is 2. The van der Waals surface area contributed by atoms with Crippen LogP contribution in [0.2, 0.25) is 0 Å². The van der Waals surface area contributed by atoms with Crippen molar-refractivity contribution >= 4 is 33.3 Å². The number of nitrogens with one attached hydrogen (secondary N) is 2. The molecule has 6 heteroatoms. The van der Waals surface area contributed by atoms with Crippen LogP contribution in [-0.2, 0) is 0 Å². The summed E-state index contributed by atoms with van der Waals surface area (Å²) in [5.74, 6) is 1.56. The molecule has 110 valence electrons. The molecule has 0 radical (unpaired) electrons. The topological polar surface area (TPSA) is 53.1 Å². The summed E-state index contributed by atoms with van der Waals surface area (Å²) in [6.07, 6.45) is 0. The molecule has 0 spiro atoms. The molecule has 0 amide bonds. The molecule has 0 aliphatic rings. The van der Waals surface area contributed by atoms with Gasteiger partial charge < -0.3 is 15.5 Å². The van der Waals surface area contributed by atoms with Crippen molar-refractivity contribution in [2.45, 2.75) is 26.3 Å². The fraction of sp³-hybridized carbons (Fsp3) is 0.571. The van der Waals surface area contributed by atoms with Gasteiger partial charge in [-0.05, 0) is 40.9 Å². The Morgan fingerprint density at radius 3 is 2.60 bits per heavy atom. The van der Waals surface area contributed by atoms with Crippen molar-refractivity contribution in [3.05, 3.63) is 10.9 Å². The summed E-state index contributed by atoms with van der Waals surface area (Å²) in [6.45, 7) is 7.33. The van der Waals surface area contributed by atoms with E-state index in [4.69, 9.17) is 0 Å². The van der Waals surface area contributed by atoms with Crippen molar-refractivity contribution in [3.63, 3.8) is 0 Å². The van der Waals surface area contributed by atoms with Gasteiger partial charge in [-0.1, -0.05) is 0 Å². The minimum atomic E-state index is 0.0577. The van der Waals surface area contributed by atoms with Crippen LogP contribution in [0.5, 0.6) is 0 Å². The van der Waals surface area contributed by atoms with Gasteiger partial charge in [0.1, 0.15) is 10.6 Å². The quantitative estimate of drug-likeness (QED) is 0.888. The summed E-state index contributed by atoms with van der Waals surface area (Å²) in [6, 6.07) is 2.14. The Morgan fingerprint density at radius 1 is 1.30 bits per heavy atom. The van der Waals surface area contributed by atoms with Crippen molar-refractivity contribution in [2.75, 3.05) is 38.3 Å². The van der Waals surface area contributed by atoms with Crippen molar-refractivity contribution in [1.82, 2.24) is 14.9 Å². The second kappa shape index (κ2) is 5.54. The van der Waals surface area contributed by atoms with Gasteiger partial charge in [0.15, 0.2) is 0 Å². The van der Waals surface area contributed by atoms with Gasteiger partial charge in [-0.25, -0.2) is 4.98 Å². The van der Waals surface area contributed by atoms with Crippen LogP contribution in [0.3, 0.4) is 0 Å². The summed E-state index contributed by atoms with van der Waals surface area (Å²) in [7, 11) is 6.02. The van der Waals surface area contributed by atoms with Crippen LogP contribution >= 0.6 is 11.3 Å². The number of anilines is 2. The maximum atomic E-state index is 4.55.